The largest absolute Gasteiger partial charge is 0.264 e. The summed E-state index contributed by atoms with van der Waals surface area (Å²) in [7, 11) is -3.63. The van der Waals surface area contributed by atoms with Gasteiger partial charge in [0.1, 0.15) is 0 Å². The second kappa shape index (κ2) is 8.06. The summed E-state index contributed by atoms with van der Waals surface area (Å²) in [5.41, 5.74) is 3.64. The average Bonchev–Trinajstić information content (AvgIpc) is 3.28. The molecular weight excluding hydrogens is 388 g/mol. The molecule has 1 N–H and O–H groups in total. The molecule has 4 rings (SSSR count). The number of aromatic nitrogens is 1. The predicted molar refractivity (Wildman–Crippen MR) is 113 cm³/mol. The van der Waals surface area contributed by atoms with Crippen molar-refractivity contribution in [2.45, 2.75) is 11.4 Å². The number of pyridine rings is 1. The van der Waals surface area contributed by atoms with Crippen molar-refractivity contribution in [3.05, 3.63) is 96.1 Å². The van der Waals surface area contributed by atoms with E-state index in [-0.39, 0.29) is 11.4 Å². The number of thiophene rings is 1. The summed E-state index contributed by atoms with van der Waals surface area (Å²) in [6.07, 6.45) is 3.47. The van der Waals surface area contributed by atoms with Gasteiger partial charge in [-0.1, -0.05) is 48.5 Å². The summed E-state index contributed by atoms with van der Waals surface area (Å²) in [5, 5.41) is 2.00. The van der Waals surface area contributed by atoms with Crippen LogP contribution in [0.3, 0.4) is 0 Å². The Balaban J connectivity index is 1.53. The summed E-state index contributed by atoms with van der Waals surface area (Å²) < 4.78 is 28.2. The Labute approximate surface area is 168 Å². The molecule has 6 heteroatoms. The van der Waals surface area contributed by atoms with E-state index in [1.807, 2.05) is 60.0 Å². The van der Waals surface area contributed by atoms with Crippen molar-refractivity contribution in [2.75, 3.05) is 0 Å². The summed E-state index contributed by atoms with van der Waals surface area (Å²) in [6, 6.07) is 22.6. The Bertz CT molecular complexity index is 1170. The highest BCUT2D eigenvalue weighted by atomic mass is 32.2. The fraction of sp³-hybridized carbons (Fsp3) is 0.0455. The second-order valence-corrected chi connectivity index (χ2v) is 8.99. The number of hydrogen-bond acceptors (Lipinski definition) is 4. The number of benzene rings is 2. The van der Waals surface area contributed by atoms with Crippen LogP contribution in [-0.4, -0.2) is 13.4 Å². The quantitative estimate of drug-likeness (QED) is 0.493. The lowest BCUT2D eigenvalue weighted by molar-refractivity contribution is 0.581. The predicted octanol–water partition coefficient (Wildman–Crippen LogP) is 4.96. The summed E-state index contributed by atoms with van der Waals surface area (Å²) in [4.78, 5) is 5.59. The third-order valence-corrected chi connectivity index (χ3v) is 6.64. The molecule has 0 aliphatic heterocycles. The van der Waals surface area contributed by atoms with Crippen LogP contribution in [0, 0.1) is 0 Å². The zero-order valence-corrected chi connectivity index (χ0v) is 16.6. The minimum Gasteiger partial charge on any atom is -0.264 e. The zero-order chi connectivity index (χ0) is 19.4. The van der Waals surface area contributed by atoms with E-state index in [9.17, 15) is 8.42 Å². The van der Waals surface area contributed by atoms with E-state index in [1.54, 1.807) is 41.9 Å². The topological polar surface area (TPSA) is 59.1 Å². The van der Waals surface area contributed by atoms with Crippen molar-refractivity contribution in [1.82, 2.24) is 9.71 Å². The summed E-state index contributed by atoms with van der Waals surface area (Å²) >= 11 is 1.63. The molecule has 0 aliphatic carbocycles. The standard InChI is InChI=1S/C22H18N2O2S2/c25-28(26,21-9-4-8-19(13-21)18-6-2-1-3-7-18)24-15-17-12-20(16-23-14-17)22-10-5-11-27-22/h1-14,16,24H,15H2. The van der Waals surface area contributed by atoms with E-state index in [4.69, 9.17) is 0 Å². The molecule has 0 saturated carbocycles. The second-order valence-electron chi connectivity index (χ2n) is 6.28. The molecule has 0 saturated heterocycles. The summed E-state index contributed by atoms with van der Waals surface area (Å²) in [5.74, 6) is 0. The van der Waals surface area contributed by atoms with Crippen LogP contribution in [-0.2, 0) is 16.6 Å². The van der Waals surface area contributed by atoms with Gasteiger partial charge in [0.25, 0.3) is 0 Å². The third-order valence-electron chi connectivity index (χ3n) is 4.32. The van der Waals surface area contributed by atoms with Gasteiger partial charge in [-0.2, -0.15) is 0 Å². The molecule has 0 unspecified atom stereocenters. The van der Waals surface area contributed by atoms with E-state index in [1.165, 1.54) is 0 Å². The van der Waals surface area contributed by atoms with Gasteiger partial charge in [0, 0.05) is 29.4 Å². The Kier molecular flexibility index (Phi) is 5.34. The monoisotopic (exact) mass is 406 g/mol. The first kappa shape index (κ1) is 18.6. The minimum absolute atomic E-state index is 0.185. The summed E-state index contributed by atoms with van der Waals surface area (Å²) in [6.45, 7) is 0.185. The van der Waals surface area contributed by atoms with Crippen molar-refractivity contribution in [2.24, 2.45) is 0 Å². The van der Waals surface area contributed by atoms with Crippen LogP contribution >= 0.6 is 11.3 Å². The fourth-order valence-electron chi connectivity index (χ4n) is 2.90. The number of hydrogen-bond donors (Lipinski definition) is 1. The molecule has 0 aliphatic rings. The lowest BCUT2D eigenvalue weighted by Gasteiger charge is -2.09. The molecule has 4 nitrogen and oxygen atoms in total. The van der Waals surface area contributed by atoms with Crippen LogP contribution in [0.15, 0.2) is 95.5 Å². The van der Waals surface area contributed by atoms with Crippen molar-refractivity contribution < 1.29 is 8.42 Å². The van der Waals surface area contributed by atoms with Crippen LogP contribution in [0.1, 0.15) is 5.56 Å². The average molecular weight is 407 g/mol. The minimum atomic E-state index is -3.63. The number of nitrogens with zero attached hydrogens (tertiary/aromatic N) is 1. The first-order valence-corrected chi connectivity index (χ1v) is 11.1. The maximum atomic E-state index is 12.8. The van der Waals surface area contributed by atoms with Gasteiger partial charge in [-0.05, 0) is 46.3 Å². The van der Waals surface area contributed by atoms with Crippen LogP contribution in [0.2, 0.25) is 0 Å². The van der Waals surface area contributed by atoms with Gasteiger partial charge in [-0.3, -0.25) is 4.98 Å². The fourth-order valence-corrected chi connectivity index (χ4v) is 4.67. The molecule has 140 valence electrons. The number of nitrogens with one attached hydrogen (secondary N) is 1. The lowest BCUT2D eigenvalue weighted by Crippen LogP contribution is -2.23. The molecule has 0 fully saturated rings. The Morgan fingerprint density at radius 2 is 1.64 bits per heavy atom. The molecule has 0 spiro atoms. The smallest absolute Gasteiger partial charge is 0.240 e. The third kappa shape index (κ3) is 4.20. The Morgan fingerprint density at radius 3 is 2.43 bits per heavy atom. The Morgan fingerprint density at radius 1 is 0.821 bits per heavy atom. The molecule has 0 radical (unpaired) electrons. The van der Waals surface area contributed by atoms with Crippen LogP contribution < -0.4 is 4.72 Å². The maximum Gasteiger partial charge on any atom is 0.240 e. The molecule has 0 amide bonds. The van der Waals surface area contributed by atoms with E-state index in [2.05, 4.69) is 9.71 Å². The van der Waals surface area contributed by atoms with Crippen LogP contribution in [0.25, 0.3) is 21.6 Å². The number of sulfonamides is 1. The highest BCUT2D eigenvalue weighted by Gasteiger charge is 2.15. The lowest BCUT2D eigenvalue weighted by atomic mass is 10.1. The van der Waals surface area contributed by atoms with Crippen molar-refractivity contribution >= 4 is 21.4 Å². The van der Waals surface area contributed by atoms with E-state index in [0.717, 1.165) is 27.1 Å². The van der Waals surface area contributed by atoms with Gasteiger partial charge in [-0.25, -0.2) is 13.1 Å². The zero-order valence-electron chi connectivity index (χ0n) is 14.9. The van der Waals surface area contributed by atoms with Crippen molar-refractivity contribution in [3.63, 3.8) is 0 Å². The molecule has 0 atom stereocenters. The van der Waals surface area contributed by atoms with E-state index < -0.39 is 10.0 Å². The SMILES string of the molecule is O=S(=O)(NCc1cncc(-c2cccs2)c1)c1cccc(-c2ccccc2)c1. The highest BCUT2D eigenvalue weighted by Crippen LogP contribution is 2.25. The first-order valence-electron chi connectivity index (χ1n) is 8.75. The van der Waals surface area contributed by atoms with Crippen molar-refractivity contribution in [1.29, 1.82) is 0 Å². The molecule has 2 aromatic carbocycles. The normalized spacial score (nSPS) is 11.4. The molecule has 0 bridgehead atoms. The van der Waals surface area contributed by atoms with Crippen LogP contribution in [0.4, 0.5) is 0 Å². The number of rotatable bonds is 6. The van der Waals surface area contributed by atoms with Gasteiger partial charge < -0.3 is 0 Å². The highest BCUT2D eigenvalue weighted by molar-refractivity contribution is 7.89. The van der Waals surface area contributed by atoms with Crippen LogP contribution in [0.5, 0.6) is 0 Å². The first-order chi connectivity index (χ1) is 13.6. The van der Waals surface area contributed by atoms with E-state index in [0.29, 0.717) is 0 Å². The van der Waals surface area contributed by atoms with Gasteiger partial charge in [0.15, 0.2) is 0 Å². The molecule has 4 aromatic rings. The van der Waals surface area contributed by atoms with Gasteiger partial charge in [-0.15, -0.1) is 11.3 Å². The van der Waals surface area contributed by atoms with Gasteiger partial charge >= 0.3 is 0 Å². The van der Waals surface area contributed by atoms with Gasteiger partial charge in [0.05, 0.1) is 4.90 Å². The molecule has 2 heterocycles. The molecule has 2 aromatic heterocycles. The van der Waals surface area contributed by atoms with E-state index >= 15 is 0 Å². The molecule has 28 heavy (non-hydrogen) atoms. The Hall–Kier alpha value is -2.80. The maximum absolute atomic E-state index is 12.8. The van der Waals surface area contributed by atoms with Gasteiger partial charge in [0.2, 0.25) is 10.0 Å². The van der Waals surface area contributed by atoms with Crippen molar-refractivity contribution in [3.8, 4) is 21.6 Å². The molecular formula is C22H18N2O2S2.